The van der Waals surface area contributed by atoms with Crippen LogP contribution in [0, 0.1) is 24.2 Å². The average molecular weight is 271 g/mol. The molecule has 20 heavy (non-hydrogen) atoms. The number of rotatable bonds is 3. The number of aryl methyl sites for hydroxylation is 1. The van der Waals surface area contributed by atoms with Crippen LogP contribution in [0.3, 0.4) is 0 Å². The minimum absolute atomic E-state index is 0.0441. The summed E-state index contributed by atoms with van der Waals surface area (Å²) in [5.41, 5.74) is 2.65. The summed E-state index contributed by atoms with van der Waals surface area (Å²) in [5.74, 6) is 1.50. The summed E-state index contributed by atoms with van der Waals surface area (Å²) in [6.45, 7) is 6.55. The van der Waals surface area contributed by atoms with Gasteiger partial charge in [-0.05, 0) is 55.4 Å². The van der Waals surface area contributed by atoms with Crippen LogP contribution in [-0.2, 0) is 0 Å². The largest absolute Gasteiger partial charge is 0.489 e. The van der Waals surface area contributed by atoms with E-state index in [1.165, 1.54) is 24.0 Å². The van der Waals surface area contributed by atoms with Crippen LogP contribution < -0.4 is 4.74 Å². The molecular weight excluding hydrogens is 246 g/mol. The van der Waals surface area contributed by atoms with E-state index in [-0.39, 0.29) is 12.0 Å². The van der Waals surface area contributed by atoms with Crippen LogP contribution in [0.25, 0.3) is 0 Å². The number of nitriles is 1. The van der Waals surface area contributed by atoms with Gasteiger partial charge in [-0.2, -0.15) is 5.26 Å². The molecule has 1 aliphatic carbocycles. The molecular formula is C18H25NO. The lowest BCUT2D eigenvalue weighted by Gasteiger charge is -2.22. The molecule has 0 N–H and O–H groups in total. The Hall–Kier alpha value is -1.49. The minimum atomic E-state index is 0.0441. The summed E-state index contributed by atoms with van der Waals surface area (Å²) in [7, 11) is 0. The number of benzene rings is 1. The first kappa shape index (κ1) is 14.9. The molecule has 0 radical (unpaired) electrons. The average Bonchev–Trinajstić information content (AvgIpc) is 2.63. The van der Waals surface area contributed by atoms with E-state index >= 15 is 0 Å². The van der Waals surface area contributed by atoms with Crippen molar-refractivity contribution < 1.29 is 4.74 Å². The molecule has 1 fully saturated rings. The molecule has 2 rings (SSSR count). The van der Waals surface area contributed by atoms with Crippen LogP contribution in [0.5, 0.6) is 5.75 Å². The standard InChI is InChI=1S/C18H25NO/c1-13(2)17-10-9-16(11-14(17)3)20-18-8-6-4-5-7-15(18)12-19/h9-11,13,15,18H,4-8H2,1-3H3. The monoisotopic (exact) mass is 271 g/mol. The van der Waals surface area contributed by atoms with Gasteiger partial charge in [-0.1, -0.05) is 32.8 Å². The van der Waals surface area contributed by atoms with Crippen molar-refractivity contribution in [1.82, 2.24) is 0 Å². The van der Waals surface area contributed by atoms with Gasteiger partial charge >= 0.3 is 0 Å². The van der Waals surface area contributed by atoms with Crippen LogP contribution in [0.1, 0.15) is 63.0 Å². The Labute approximate surface area is 122 Å². The second kappa shape index (κ2) is 6.79. The maximum atomic E-state index is 9.31. The second-order valence-electron chi connectivity index (χ2n) is 6.20. The number of nitrogens with zero attached hydrogens (tertiary/aromatic N) is 1. The molecule has 0 saturated heterocycles. The molecule has 1 aromatic carbocycles. The van der Waals surface area contributed by atoms with Crippen molar-refractivity contribution in [3.05, 3.63) is 29.3 Å². The lowest BCUT2D eigenvalue weighted by atomic mass is 9.97. The minimum Gasteiger partial charge on any atom is -0.489 e. The Bertz CT molecular complexity index is 487. The first-order valence-electron chi connectivity index (χ1n) is 7.78. The molecule has 2 nitrogen and oxygen atoms in total. The fourth-order valence-corrected chi connectivity index (χ4v) is 3.11. The molecule has 1 aliphatic rings. The third-order valence-electron chi connectivity index (χ3n) is 4.27. The molecule has 1 saturated carbocycles. The highest BCUT2D eigenvalue weighted by Crippen LogP contribution is 2.29. The van der Waals surface area contributed by atoms with Gasteiger partial charge in [0.2, 0.25) is 0 Å². The van der Waals surface area contributed by atoms with Gasteiger partial charge < -0.3 is 4.74 Å². The van der Waals surface area contributed by atoms with Gasteiger partial charge in [0.1, 0.15) is 11.9 Å². The summed E-state index contributed by atoms with van der Waals surface area (Å²) < 4.78 is 6.13. The summed E-state index contributed by atoms with van der Waals surface area (Å²) in [4.78, 5) is 0. The first-order valence-corrected chi connectivity index (χ1v) is 7.78. The van der Waals surface area contributed by atoms with Gasteiger partial charge in [-0.3, -0.25) is 0 Å². The molecule has 0 spiro atoms. The highest BCUT2D eigenvalue weighted by Gasteiger charge is 2.25. The van der Waals surface area contributed by atoms with E-state index in [9.17, 15) is 5.26 Å². The molecule has 108 valence electrons. The van der Waals surface area contributed by atoms with Crippen LogP contribution in [0.2, 0.25) is 0 Å². The Morgan fingerprint density at radius 2 is 1.95 bits per heavy atom. The summed E-state index contributed by atoms with van der Waals surface area (Å²) >= 11 is 0. The summed E-state index contributed by atoms with van der Waals surface area (Å²) in [6.07, 6.45) is 5.60. The highest BCUT2D eigenvalue weighted by molar-refractivity contribution is 5.36. The van der Waals surface area contributed by atoms with E-state index < -0.39 is 0 Å². The zero-order valence-electron chi connectivity index (χ0n) is 12.9. The van der Waals surface area contributed by atoms with Gasteiger partial charge in [0.15, 0.2) is 0 Å². The Kier molecular flexibility index (Phi) is 5.06. The fraction of sp³-hybridized carbons (Fsp3) is 0.611. The zero-order chi connectivity index (χ0) is 14.5. The normalized spacial score (nSPS) is 23.1. The maximum absolute atomic E-state index is 9.31. The van der Waals surface area contributed by atoms with Crippen LogP contribution in [0.4, 0.5) is 0 Å². The third kappa shape index (κ3) is 3.54. The van der Waals surface area contributed by atoms with Gasteiger partial charge in [-0.25, -0.2) is 0 Å². The van der Waals surface area contributed by atoms with Crippen molar-refractivity contribution >= 4 is 0 Å². The summed E-state index contributed by atoms with van der Waals surface area (Å²) in [6, 6.07) is 8.77. The number of hydrogen-bond donors (Lipinski definition) is 0. The lowest BCUT2D eigenvalue weighted by molar-refractivity contribution is 0.152. The molecule has 0 aromatic heterocycles. The molecule has 2 heteroatoms. The quantitative estimate of drug-likeness (QED) is 0.727. The van der Waals surface area contributed by atoms with E-state index in [0.717, 1.165) is 25.0 Å². The van der Waals surface area contributed by atoms with Crippen LogP contribution in [-0.4, -0.2) is 6.10 Å². The van der Waals surface area contributed by atoms with Crippen molar-refractivity contribution in [1.29, 1.82) is 5.26 Å². The molecule has 1 aromatic rings. The van der Waals surface area contributed by atoms with Gasteiger partial charge in [0.05, 0.1) is 12.0 Å². The molecule has 0 aliphatic heterocycles. The maximum Gasteiger partial charge on any atom is 0.120 e. The van der Waals surface area contributed by atoms with E-state index in [1.807, 2.05) is 0 Å². The van der Waals surface area contributed by atoms with Crippen molar-refractivity contribution in [3.63, 3.8) is 0 Å². The fourth-order valence-electron chi connectivity index (χ4n) is 3.11. The number of hydrogen-bond acceptors (Lipinski definition) is 2. The first-order chi connectivity index (χ1) is 9.61. The van der Waals surface area contributed by atoms with E-state index in [1.54, 1.807) is 0 Å². The molecule has 0 amide bonds. The summed E-state index contributed by atoms with van der Waals surface area (Å²) in [5, 5.41) is 9.31. The van der Waals surface area contributed by atoms with E-state index in [4.69, 9.17) is 4.74 Å². The number of ether oxygens (including phenoxy) is 1. The van der Waals surface area contributed by atoms with Crippen molar-refractivity contribution in [2.45, 2.75) is 64.9 Å². The molecule has 2 atom stereocenters. The van der Waals surface area contributed by atoms with Gasteiger partial charge in [0, 0.05) is 0 Å². The molecule has 0 heterocycles. The SMILES string of the molecule is Cc1cc(OC2CCCCCC2C#N)ccc1C(C)C. The lowest BCUT2D eigenvalue weighted by Crippen LogP contribution is -2.25. The van der Waals surface area contributed by atoms with Crippen molar-refractivity contribution in [3.8, 4) is 11.8 Å². The smallest absolute Gasteiger partial charge is 0.120 e. The Morgan fingerprint density at radius 1 is 1.20 bits per heavy atom. The zero-order valence-corrected chi connectivity index (χ0v) is 12.9. The topological polar surface area (TPSA) is 33.0 Å². The van der Waals surface area contributed by atoms with Gasteiger partial charge in [0.25, 0.3) is 0 Å². The van der Waals surface area contributed by atoms with E-state index in [2.05, 4.69) is 45.0 Å². The molecule has 0 bridgehead atoms. The van der Waals surface area contributed by atoms with E-state index in [0.29, 0.717) is 5.92 Å². The third-order valence-corrected chi connectivity index (χ3v) is 4.27. The van der Waals surface area contributed by atoms with Gasteiger partial charge in [-0.15, -0.1) is 0 Å². The Balaban J connectivity index is 2.12. The highest BCUT2D eigenvalue weighted by atomic mass is 16.5. The van der Waals surface area contributed by atoms with Crippen LogP contribution in [0.15, 0.2) is 18.2 Å². The van der Waals surface area contributed by atoms with Crippen LogP contribution >= 0.6 is 0 Å². The predicted molar refractivity (Wildman–Crippen MR) is 81.9 cm³/mol. The molecule has 2 unspecified atom stereocenters. The second-order valence-corrected chi connectivity index (χ2v) is 6.20. The van der Waals surface area contributed by atoms with Crippen molar-refractivity contribution in [2.75, 3.05) is 0 Å². The Morgan fingerprint density at radius 3 is 2.60 bits per heavy atom. The predicted octanol–water partition coefficient (Wildman–Crippen LogP) is 4.97. The van der Waals surface area contributed by atoms with Crippen molar-refractivity contribution in [2.24, 2.45) is 5.92 Å².